The first-order valence-electron chi connectivity index (χ1n) is 4.48. The minimum absolute atomic E-state index is 0.156. The maximum Gasteiger partial charge on any atom is 0.0640 e. The highest BCUT2D eigenvalue weighted by Gasteiger charge is 2.24. The monoisotopic (exact) mass is 196 g/mol. The number of halogens is 1. The fraction of sp³-hybridized carbons (Fsp3) is 0.400. The van der Waals surface area contributed by atoms with Crippen LogP contribution in [0.3, 0.4) is 0 Å². The Kier molecular flexibility index (Phi) is 2.18. The van der Waals surface area contributed by atoms with Crippen LogP contribution in [0.4, 0.5) is 5.69 Å². The molecule has 0 saturated heterocycles. The van der Waals surface area contributed by atoms with Gasteiger partial charge in [0.05, 0.1) is 10.7 Å². The van der Waals surface area contributed by atoms with Crippen LogP contribution in [-0.2, 0) is 6.42 Å². The smallest absolute Gasteiger partial charge is 0.0640 e. The molecule has 2 rings (SSSR count). The molecule has 70 valence electrons. The van der Waals surface area contributed by atoms with E-state index in [2.05, 4.69) is 11.4 Å². The van der Waals surface area contributed by atoms with Gasteiger partial charge >= 0.3 is 0 Å². The van der Waals surface area contributed by atoms with Crippen molar-refractivity contribution in [3.05, 3.63) is 28.8 Å². The Bertz CT molecular complexity index is 323. The predicted octanol–water partition coefficient (Wildman–Crippen LogP) is 2.02. The minimum Gasteiger partial charge on any atom is -0.379 e. The third kappa shape index (κ3) is 1.52. The Morgan fingerprint density at radius 2 is 2.38 bits per heavy atom. The van der Waals surface area contributed by atoms with E-state index < -0.39 is 0 Å². The number of rotatable bonds is 1. The summed E-state index contributed by atoms with van der Waals surface area (Å²) in [6.45, 7) is 2.01. The van der Waals surface area contributed by atoms with Gasteiger partial charge in [0.2, 0.25) is 0 Å². The molecule has 0 fully saturated rings. The molecule has 1 aliphatic heterocycles. The molecule has 1 aliphatic rings. The van der Waals surface area contributed by atoms with E-state index in [0.717, 1.165) is 17.1 Å². The second-order valence-electron chi connectivity index (χ2n) is 3.59. The molecule has 13 heavy (non-hydrogen) atoms. The minimum atomic E-state index is 0.156. The van der Waals surface area contributed by atoms with E-state index in [0.29, 0.717) is 6.04 Å². The van der Waals surface area contributed by atoms with Crippen molar-refractivity contribution >= 4 is 17.3 Å². The van der Waals surface area contributed by atoms with Gasteiger partial charge in [-0.1, -0.05) is 23.7 Å². The summed E-state index contributed by atoms with van der Waals surface area (Å²) >= 11 is 6.04. The normalized spacial score (nSPS) is 22.2. The number of fused-ring (bicyclic) bond motifs is 1. The molecule has 0 amide bonds. The van der Waals surface area contributed by atoms with Gasteiger partial charge in [-0.15, -0.1) is 0 Å². The molecule has 1 aromatic carbocycles. The molecule has 2 nitrogen and oxygen atoms in total. The van der Waals surface area contributed by atoms with Gasteiger partial charge in [0.15, 0.2) is 0 Å². The van der Waals surface area contributed by atoms with Gasteiger partial charge in [0, 0.05) is 12.1 Å². The van der Waals surface area contributed by atoms with Crippen molar-refractivity contribution < 1.29 is 0 Å². The van der Waals surface area contributed by atoms with Crippen molar-refractivity contribution in [1.29, 1.82) is 0 Å². The van der Waals surface area contributed by atoms with Crippen molar-refractivity contribution in [2.75, 3.05) is 5.32 Å². The largest absolute Gasteiger partial charge is 0.379 e. The maximum absolute atomic E-state index is 6.04. The van der Waals surface area contributed by atoms with E-state index in [9.17, 15) is 0 Å². The Morgan fingerprint density at radius 1 is 1.62 bits per heavy atom. The van der Waals surface area contributed by atoms with Crippen LogP contribution in [0.15, 0.2) is 18.2 Å². The van der Waals surface area contributed by atoms with E-state index in [1.807, 2.05) is 19.1 Å². The van der Waals surface area contributed by atoms with Crippen LogP contribution >= 0.6 is 11.6 Å². The Labute approximate surface area is 83.1 Å². The third-order valence-electron chi connectivity index (χ3n) is 2.50. The van der Waals surface area contributed by atoms with Crippen LogP contribution < -0.4 is 11.1 Å². The van der Waals surface area contributed by atoms with Crippen molar-refractivity contribution in [1.82, 2.24) is 0 Å². The lowest BCUT2D eigenvalue weighted by Crippen LogP contribution is -2.36. The van der Waals surface area contributed by atoms with Crippen LogP contribution in [0, 0.1) is 0 Å². The molecule has 0 spiro atoms. The van der Waals surface area contributed by atoms with Crippen LogP contribution in [0.1, 0.15) is 12.5 Å². The average molecular weight is 197 g/mol. The summed E-state index contributed by atoms with van der Waals surface area (Å²) in [5.74, 6) is 0. The number of benzene rings is 1. The van der Waals surface area contributed by atoms with Gasteiger partial charge in [0.25, 0.3) is 0 Å². The molecular formula is C10H13ClN2. The fourth-order valence-electron chi connectivity index (χ4n) is 1.69. The summed E-state index contributed by atoms with van der Waals surface area (Å²) in [4.78, 5) is 0. The number of hydrogen-bond donors (Lipinski definition) is 2. The second kappa shape index (κ2) is 3.20. The quantitative estimate of drug-likeness (QED) is 0.722. The highest BCUT2D eigenvalue weighted by Crippen LogP contribution is 2.33. The zero-order valence-corrected chi connectivity index (χ0v) is 8.31. The van der Waals surface area contributed by atoms with Gasteiger partial charge < -0.3 is 11.1 Å². The summed E-state index contributed by atoms with van der Waals surface area (Å²) in [6.07, 6.45) is 0.980. The maximum atomic E-state index is 6.04. The average Bonchev–Trinajstić information content (AvgIpc) is 2.49. The number of anilines is 1. The summed E-state index contributed by atoms with van der Waals surface area (Å²) in [5.41, 5.74) is 8.16. The molecule has 3 heteroatoms. The second-order valence-corrected chi connectivity index (χ2v) is 4.00. The van der Waals surface area contributed by atoms with Crippen molar-refractivity contribution in [2.24, 2.45) is 5.73 Å². The molecule has 2 atom stereocenters. The fourth-order valence-corrected chi connectivity index (χ4v) is 1.94. The lowest BCUT2D eigenvalue weighted by molar-refractivity contribution is 0.612. The van der Waals surface area contributed by atoms with Crippen molar-refractivity contribution in [3.63, 3.8) is 0 Å². The molecule has 0 bridgehead atoms. The SMILES string of the molecule is CC(N)C1Cc2cccc(Cl)c2N1. The van der Waals surface area contributed by atoms with E-state index in [4.69, 9.17) is 17.3 Å². The zero-order chi connectivity index (χ0) is 9.42. The van der Waals surface area contributed by atoms with Gasteiger partial charge in [-0.05, 0) is 25.0 Å². The predicted molar refractivity (Wildman–Crippen MR) is 56.2 cm³/mol. The molecule has 0 saturated carbocycles. The number of hydrogen-bond acceptors (Lipinski definition) is 2. The molecule has 0 aromatic heterocycles. The van der Waals surface area contributed by atoms with Gasteiger partial charge in [-0.2, -0.15) is 0 Å². The van der Waals surface area contributed by atoms with Crippen molar-refractivity contribution in [3.8, 4) is 0 Å². The zero-order valence-electron chi connectivity index (χ0n) is 7.55. The van der Waals surface area contributed by atoms with E-state index in [-0.39, 0.29) is 6.04 Å². The topological polar surface area (TPSA) is 38.0 Å². The van der Waals surface area contributed by atoms with E-state index in [1.54, 1.807) is 0 Å². The van der Waals surface area contributed by atoms with E-state index in [1.165, 1.54) is 5.56 Å². The first kappa shape index (κ1) is 8.85. The van der Waals surface area contributed by atoms with Crippen LogP contribution in [0.2, 0.25) is 5.02 Å². The lowest BCUT2D eigenvalue weighted by Gasteiger charge is -2.15. The number of para-hydroxylation sites is 1. The molecule has 1 aromatic rings. The summed E-state index contributed by atoms with van der Waals surface area (Å²) in [5, 5.41) is 4.14. The highest BCUT2D eigenvalue weighted by molar-refractivity contribution is 6.33. The molecular weight excluding hydrogens is 184 g/mol. The highest BCUT2D eigenvalue weighted by atomic mass is 35.5. The Hall–Kier alpha value is -0.730. The van der Waals surface area contributed by atoms with Gasteiger partial charge in [-0.3, -0.25) is 0 Å². The first-order valence-corrected chi connectivity index (χ1v) is 4.86. The molecule has 0 radical (unpaired) electrons. The molecule has 1 heterocycles. The molecule has 2 unspecified atom stereocenters. The summed E-state index contributed by atoms with van der Waals surface area (Å²) < 4.78 is 0. The van der Waals surface area contributed by atoms with E-state index >= 15 is 0 Å². The third-order valence-corrected chi connectivity index (χ3v) is 2.82. The van der Waals surface area contributed by atoms with Gasteiger partial charge in [0.1, 0.15) is 0 Å². The molecule has 3 N–H and O–H groups in total. The van der Waals surface area contributed by atoms with Crippen LogP contribution in [0.5, 0.6) is 0 Å². The molecule has 0 aliphatic carbocycles. The summed E-state index contributed by atoms with van der Waals surface area (Å²) in [7, 11) is 0. The summed E-state index contributed by atoms with van der Waals surface area (Å²) in [6, 6.07) is 6.46. The Balaban J connectivity index is 2.30. The van der Waals surface area contributed by atoms with Crippen LogP contribution in [0.25, 0.3) is 0 Å². The lowest BCUT2D eigenvalue weighted by atomic mass is 10.1. The van der Waals surface area contributed by atoms with Crippen LogP contribution in [-0.4, -0.2) is 12.1 Å². The first-order chi connectivity index (χ1) is 6.18. The van der Waals surface area contributed by atoms with Gasteiger partial charge in [-0.25, -0.2) is 0 Å². The standard InChI is InChI=1S/C10H13ClN2/c1-6(12)9-5-7-3-2-4-8(11)10(7)13-9/h2-4,6,9,13H,5,12H2,1H3. The number of nitrogens with one attached hydrogen (secondary N) is 1. The Morgan fingerprint density at radius 3 is 3.00 bits per heavy atom. The number of nitrogens with two attached hydrogens (primary N) is 1. The van der Waals surface area contributed by atoms with Crippen molar-refractivity contribution in [2.45, 2.75) is 25.4 Å².